The maximum Gasteiger partial charge on any atom is 0.407 e. The summed E-state index contributed by atoms with van der Waals surface area (Å²) in [6.07, 6.45) is 5.23. The Morgan fingerprint density at radius 1 is 1.23 bits per heavy atom. The lowest BCUT2D eigenvalue weighted by atomic mass is 9.85. The van der Waals surface area contributed by atoms with E-state index in [-0.39, 0.29) is 12.4 Å². The number of amides is 1. The SMILES string of the molecule is CC(C)(C)OC(=O)NCc1cc(F)ccc1Nc1ccc2c(cnn2CC2CCC2)c1. The Morgan fingerprint density at radius 2 is 2.03 bits per heavy atom. The van der Waals surface area contributed by atoms with E-state index in [4.69, 9.17) is 4.74 Å². The van der Waals surface area contributed by atoms with Crippen molar-refractivity contribution in [2.75, 3.05) is 5.32 Å². The summed E-state index contributed by atoms with van der Waals surface area (Å²) in [4.78, 5) is 12.0. The maximum absolute atomic E-state index is 13.8. The van der Waals surface area contributed by atoms with Crippen LogP contribution in [0, 0.1) is 11.7 Å². The third kappa shape index (κ3) is 5.34. The van der Waals surface area contributed by atoms with Crippen LogP contribution >= 0.6 is 0 Å². The fourth-order valence-electron chi connectivity index (χ4n) is 3.70. The minimum atomic E-state index is -0.592. The summed E-state index contributed by atoms with van der Waals surface area (Å²) in [5.74, 6) is 0.374. The molecule has 1 heterocycles. The maximum atomic E-state index is 13.8. The van der Waals surface area contributed by atoms with E-state index in [0.29, 0.717) is 5.56 Å². The fraction of sp³-hybridized carbons (Fsp3) is 0.417. The lowest BCUT2D eigenvalue weighted by Gasteiger charge is -2.25. The van der Waals surface area contributed by atoms with E-state index in [9.17, 15) is 9.18 Å². The molecule has 0 aliphatic heterocycles. The molecule has 6 nitrogen and oxygen atoms in total. The van der Waals surface area contributed by atoms with Gasteiger partial charge in [0.2, 0.25) is 0 Å². The fourth-order valence-corrected chi connectivity index (χ4v) is 3.70. The monoisotopic (exact) mass is 424 g/mol. The Hall–Kier alpha value is -3.09. The molecule has 0 unspecified atom stereocenters. The van der Waals surface area contributed by atoms with Crippen molar-refractivity contribution in [3.63, 3.8) is 0 Å². The quantitative estimate of drug-likeness (QED) is 0.529. The molecule has 7 heteroatoms. The van der Waals surface area contributed by atoms with Gasteiger partial charge in [-0.2, -0.15) is 5.10 Å². The molecule has 1 aliphatic carbocycles. The van der Waals surface area contributed by atoms with E-state index >= 15 is 0 Å². The number of benzene rings is 2. The highest BCUT2D eigenvalue weighted by molar-refractivity contribution is 5.83. The van der Waals surface area contributed by atoms with Gasteiger partial charge >= 0.3 is 6.09 Å². The van der Waals surface area contributed by atoms with Crippen LogP contribution in [0.15, 0.2) is 42.6 Å². The van der Waals surface area contributed by atoms with Gasteiger partial charge in [-0.1, -0.05) is 6.42 Å². The molecule has 0 saturated heterocycles. The second-order valence-electron chi connectivity index (χ2n) is 9.18. The molecule has 2 N–H and O–H groups in total. The molecular weight excluding hydrogens is 395 g/mol. The first-order valence-electron chi connectivity index (χ1n) is 10.7. The van der Waals surface area contributed by atoms with Crippen LogP contribution in [0.3, 0.4) is 0 Å². The van der Waals surface area contributed by atoms with E-state index in [0.717, 1.165) is 34.7 Å². The number of aromatic nitrogens is 2. The van der Waals surface area contributed by atoms with Crippen molar-refractivity contribution in [3.8, 4) is 0 Å². The van der Waals surface area contributed by atoms with Gasteiger partial charge in [-0.3, -0.25) is 4.68 Å². The number of halogens is 1. The summed E-state index contributed by atoms with van der Waals surface area (Å²) in [6.45, 7) is 6.51. The highest BCUT2D eigenvalue weighted by atomic mass is 19.1. The number of rotatable bonds is 6. The first kappa shape index (κ1) is 21.2. The highest BCUT2D eigenvalue weighted by Gasteiger charge is 2.19. The molecule has 4 rings (SSSR count). The lowest BCUT2D eigenvalue weighted by Crippen LogP contribution is -2.32. The smallest absolute Gasteiger partial charge is 0.407 e. The second-order valence-corrected chi connectivity index (χ2v) is 9.18. The molecule has 1 fully saturated rings. The molecule has 3 aromatic rings. The number of alkyl carbamates (subject to hydrolysis) is 1. The van der Waals surface area contributed by atoms with Gasteiger partial charge in [-0.25, -0.2) is 9.18 Å². The molecule has 1 amide bonds. The number of anilines is 2. The van der Waals surface area contributed by atoms with Gasteiger partial charge in [0.25, 0.3) is 0 Å². The number of hydrogen-bond donors (Lipinski definition) is 2. The van der Waals surface area contributed by atoms with E-state index < -0.39 is 11.7 Å². The topological polar surface area (TPSA) is 68.2 Å². The van der Waals surface area contributed by atoms with Crippen molar-refractivity contribution in [1.82, 2.24) is 15.1 Å². The molecular formula is C24H29FN4O2. The van der Waals surface area contributed by atoms with E-state index in [1.807, 2.05) is 18.3 Å². The summed E-state index contributed by atoms with van der Waals surface area (Å²) in [5, 5.41) is 11.6. The number of hydrogen-bond acceptors (Lipinski definition) is 4. The molecule has 0 radical (unpaired) electrons. The summed E-state index contributed by atoms with van der Waals surface area (Å²) >= 11 is 0. The largest absolute Gasteiger partial charge is 0.444 e. The van der Waals surface area contributed by atoms with Crippen LogP contribution in [0.25, 0.3) is 10.9 Å². The van der Waals surface area contributed by atoms with Crippen LogP contribution in [-0.4, -0.2) is 21.5 Å². The number of carbonyl (C=O) groups is 1. The van der Waals surface area contributed by atoms with Crippen LogP contribution in [-0.2, 0) is 17.8 Å². The van der Waals surface area contributed by atoms with Gasteiger partial charge in [0.05, 0.1) is 11.7 Å². The molecule has 2 aromatic carbocycles. The summed E-state index contributed by atoms with van der Waals surface area (Å²) < 4.78 is 21.2. The standard InChI is InChI=1S/C24H29FN4O2/c1-24(2,3)31-23(30)26-13-17-11-19(25)7-9-21(17)28-20-8-10-22-18(12-20)14-27-29(22)15-16-5-4-6-16/h7-12,14,16,28H,4-6,13,15H2,1-3H3,(H,26,30). The molecule has 1 aliphatic rings. The number of ether oxygens (including phenoxy) is 1. The molecule has 31 heavy (non-hydrogen) atoms. The van der Waals surface area contributed by atoms with Crippen molar-refractivity contribution < 1.29 is 13.9 Å². The Bertz CT molecular complexity index is 1080. The molecule has 0 atom stereocenters. The number of nitrogens with zero attached hydrogens (tertiary/aromatic N) is 2. The third-order valence-electron chi connectivity index (χ3n) is 5.47. The Kier molecular flexibility index (Phi) is 5.85. The normalized spacial score (nSPS) is 14.3. The van der Waals surface area contributed by atoms with Crippen molar-refractivity contribution >= 4 is 28.4 Å². The summed E-state index contributed by atoms with van der Waals surface area (Å²) in [5.41, 5.74) is 2.75. The van der Waals surface area contributed by atoms with Crippen LogP contribution < -0.4 is 10.6 Å². The molecule has 0 spiro atoms. The number of nitrogens with one attached hydrogen (secondary N) is 2. The van der Waals surface area contributed by atoms with Gasteiger partial charge in [-0.15, -0.1) is 0 Å². The first-order valence-corrected chi connectivity index (χ1v) is 10.7. The zero-order valence-corrected chi connectivity index (χ0v) is 18.2. The second kappa shape index (κ2) is 8.57. The van der Waals surface area contributed by atoms with Gasteiger partial charge in [0.15, 0.2) is 0 Å². The van der Waals surface area contributed by atoms with Crippen molar-refractivity contribution in [3.05, 3.63) is 54.0 Å². The molecule has 1 saturated carbocycles. The van der Waals surface area contributed by atoms with E-state index in [2.05, 4.69) is 26.5 Å². The molecule has 0 bridgehead atoms. The molecule has 164 valence electrons. The van der Waals surface area contributed by atoms with Crippen molar-refractivity contribution in [2.45, 2.75) is 58.7 Å². The minimum Gasteiger partial charge on any atom is -0.444 e. The van der Waals surface area contributed by atoms with Crippen LogP contribution in [0.4, 0.5) is 20.6 Å². The van der Waals surface area contributed by atoms with Crippen LogP contribution in [0.1, 0.15) is 45.6 Å². The predicted molar refractivity (Wildman–Crippen MR) is 120 cm³/mol. The zero-order valence-electron chi connectivity index (χ0n) is 18.2. The Labute approximate surface area is 181 Å². The number of fused-ring (bicyclic) bond motifs is 1. The predicted octanol–water partition coefficient (Wildman–Crippen LogP) is 5.74. The van der Waals surface area contributed by atoms with Gasteiger partial charge in [0, 0.05) is 29.9 Å². The van der Waals surface area contributed by atoms with E-state index in [1.54, 1.807) is 26.8 Å². The number of carbonyl (C=O) groups excluding carboxylic acids is 1. The first-order chi connectivity index (χ1) is 14.8. The third-order valence-corrected chi connectivity index (χ3v) is 5.47. The average molecular weight is 425 g/mol. The molecule has 1 aromatic heterocycles. The summed E-state index contributed by atoms with van der Waals surface area (Å²) in [6, 6.07) is 10.6. The van der Waals surface area contributed by atoms with E-state index in [1.165, 1.54) is 31.4 Å². The van der Waals surface area contributed by atoms with Gasteiger partial charge in [-0.05, 0) is 81.5 Å². The Balaban J connectivity index is 1.48. The zero-order chi connectivity index (χ0) is 22.0. The van der Waals surface area contributed by atoms with Crippen LogP contribution in [0.2, 0.25) is 0 Å². The lowest BCUT2D eigenvalue weighted by molar-refractivity contribution is 0.0523. The summed E-state index contributed by atoms with van der Waals surface area (Å²) in [7, 11) is 0. The van der Waals surface area contributed by atoms with Gasteiger partial charge < -0.3 is 15.4 Å². The minimum absolute atomic E-state index is 0.149. The average Bonchev–Trinajstić information content (AvgIpc) is 3.05. The van der Waals surface area contributed by atoms with Gasteiger partial charge in [0.1, 0.15) is 11.4 Å². The van der Waals surface area contributed by atoms with Crippen molar-refractivity contribution in [2.24, 2.45) is 5.92 Å². The van der Waals surface area contributed by atoms with Crippen molar-refractivity contribution in [1.29, 1.82) is 0 Å². The highest BCUT2D eigenvalue weighted by Crippen LogP contribution is 2.30. The van der Waals surface area contributed by atoms with Crippen LogP contribution in [0.5, 0.6) is 0 Å². The Morgan fingerprint density at radius 3 is 2.74 bits per heavy atom.